The first kappa shape index (κ1) is 25.9. The van der Waals surface area contributed by atoms with Crippen molar-refractivity contribution in [2.24, 2.45) is 0 Å². The third kappa shape index (κ3) is 6.90. The number of nitrogens with zero attached hydrogens (tertiary/aromatic N) is 1. The Morgan fingerprint density at radius 1 is 1.24 bits per heavy atom. The molecule has 0 saturated carbocycles. The monoisotopic (exact) mass is 469 g/mol. The van der Waals surface area contributed by atoms with Crippen LogP contribution in [0.3, 0.4) is 0 Å². The molecule has 1 heterocycles. The van der Waals surface area contributed by atoms with E-state index in [2.05, 4.69) is 6.08 Å². The van der Waals surface area contributed by atoms with Crippen molar-refractivity contribution in [2.45, 2.75) is 52.2 Å². The van der Waals surface area contributed by atoms with E-state index in [0.29, 0.717) is 31.9 Å². The molecule has 34 heavy (non-hydrogen) atoms. The number of amides is 1. The summed E-state index contributed by atoms with van der Waals surface area (Å²) >= 11 is 0. The summed E-state index contributed by atoms with van der Waals surface area (Å²) in [4.78, 5) is 14.4. The number of morpholine rings is 1. The Hall–Kier alpha value is -2.70. The predicted molar refractivity (Wildman–Crippen MR) is 133 cm³/mol. The number of aryl methyl sites for hydroxylation is 1. The number of halogens is 1. The largest absolute Gasteiger partial charge is 0.444 e. The Labute approximate surface area is 202 Å². The number of allylic oxidation sites excluding steroid dienone is 1. The zero-order valence-corrected chi connectivity index (χ0v) is 20.9. The van der Waals surface area contributed by atoms with Crippen LogP contribution >= 0.6 is 0 Å². The Balaban J connectivity index is 1.99. The maximum atomic E-state index is 15.3. The molecule has 0 N–H and O–H groups in total. The first-order valence-corrected chi connectivity index (χ1v) is 11.8. The van der Waals surface area contributed by atoms with Crippen molar-refractivity contribution in [1.29, 1.82) is 0 Å². The van der Waals surface area contributed by atoms with Gasteiger partial charge in [-0.05, 0) is 63.3 Å². The number of hydrogen-bond donors (Lipinski definition) is 0. The summed E-state index contributed by atoms with van der Waals surface area (Å²) in [5, 5.41) is 0. The Morgan fingerprint density at radius 2 is 2.00 bits per heavy atom. The average molecular weight is 470 g/mol. The molecule has 0 radical (unpaired) electrons. The standard InChI is InChI=1S/C28H36FNO4/c1-20-10-8-11-21(18-20)26-23(13-9-14-24(26)29)22(12-6-7-16-32-5)25-19-30(15-17-33-25)27(31)34-28(2,3)4/h8-14,18,25H,6-7,15-17,19H2,1-5H3/b22-12-/t25-/m1/s1. The van der Waals surface area contributed by atoms with Crippen LogP contribution in [-0.2, 0) is 14.2 Å². The highest BCUT2D eigenvalue weighted by atomic mass is 19.1. The Bertz CT molecular complexity index is 1010. The normalized spacial score (nSPS) is 17.1. The van der Waals surface area contributed by atoms with Gasteiger partial charge in [0, 0.05) is 25.8 Å². The van der Waals surface area contributed by atoms with Crippen LogP contribution in [0.1, 0.15) is 44.7 Å². The second-order valence-corrected chi connectivity index (χ2v) is 9.61. The van der Waals surface area contributed by atoms with Crippen LogP contribution in [0.5, 0.6) is 0 Å². The number of rotatable bonds is 7. The minimum Gasteiger partial charge on any atom is -0.444 e. The first-order valence-electron chi connectivity index (χ1n) is 11.8. The first-order chi connectivity index (χ1) is 16.2. The minimum atomic E-state index is -0.579. The van der Waals surface area contributed by atoms with E-state index in [1.165, 1.54) is 6.07 Å². The fourth-order valence-corrected chi connectivity index (χ4v) is 4.09. The van der Waals surface area contributed by atoms with Crippen molar-refractivity contribution in [3.63, 3.8) is 0 Å². The van der Waals surface area contributed by atoms with Crippen molar-refractivity contribution < 1.29 is 23.4 Å². The topological polar surface area (TPSA) is 48.0 Å². The summed E-state index contributed by atoms with van der Waals surface area (Å²) in [7, 11) is 1.68. The SMILES string of the molecule is COCCC/C=C(/c1cccc(F)c1-c1cccc(C)c1)[C@H]1CN(C(=O)OC(C)(C)C)CCO1. The second kappa shape index (κ2) is 11.6. The zero-order valence-electron chi connectivity index (χ0n) is 20.9. The lowest BCUT2D eigenvalue weighted by atomic mass is 9.89. The summed E-state index contributed by atoms with van der Waals surface area (Å²) in [5.74, 6) is -0.286. The van der Waals surface area contributed by atoms with Gasteiger partial charge >= 0.3 is 6.09 Å². The molecule has 3 rings (SSSR count). The number of methoxy groups -OCH3 is 1. The molecular weight excluding hydrogens is 433 g/mol. The van der Waals surface area contributed by atoms with E-state index in [0.717, 1.165) is 35.1 Å². The fraction of sp³-hybridized carbons (Fsp3) is 0.464. The van der Waals surface area contributed by atoms with Crippen LogP contribution in [0.2, 0.25) is 0 Å². The lowest BCUT2D eigenvalue weighted by molar-refractivity contribution is -0.0235. The minimum absolute atomic E-state index is 0.286. The van der Waals surface area contributed by atoms with E-state index in [9.17, 15) is 4.79 Å². The van der Waals surface area contributed by atoms with E-state index in [1.54, 1.807) is 18.1 Å². The van der Waals surface area contributed by atoms with Gasteiger partial charge in [0.25, 0.3) is 0 Å². The maximum absolute atomic E-state index is 15.3. The highest BCUT2D eigenvalue weighted by molar-refractivity contribution is 5.84. The molecule has 0 bridgehead atoms. The van der Waals surface area contributed by atoms with Gasteiger partial charge in [-0.25, -0.2) is 9.18 Å². The Morgan fingerprint density at radius 3 is 2.71 bits per heavy atom. The van der Waals surface area contributed by atoms with Crippen molar-refractivity contribution in [2.75, 3.05) is 33.4 Å². The molecular formula is C28H36FNO4. The lowest BCUT2D eigenvalue weighted by Gasteiger charge is -2.35. The molecule has 0 aliphatic carbocycles. The highest BCUT2D eigenvalue weighted by Crippen LogP contribution is 2.35. The molecule has 0 aromatic heterocycles. The molecule has 0 unspecified atom stereocenters. The van der Waals surface area contributed by atoms with Crippen LogP contribution in [-0.4, -0.2) is 56.1 Å². The molecule has 6 heteroatoms. The molecule has 2 aromatic rings. The van der Waals surface area contributed by atoms with Gasteiger partial charge in [-0.1, -0.05) is 48.0 Å². The molecule has 1 saturated heterocycles. The van der Waals surface area contributed by atoms with Crippen LogP contribution in [0.4, 0.5) is 9.18 Å². The van der Waals surface area contributed by atoms with Crippen molar-refractivity contribution in [3.05, 3.63) is 65.5 Å². The number of hydrogen-bond acceptors (Lipinski definition) is 4. The molecule has 0 spiro atoms. The third-order valence-corrected chi connectivity index (χ3v) is 5.61. The van der Waals surface area contributed by atoms with Gasteiger partial charge in [0.05, 0.1) is 13.2 Å². The molecule has 1 atom stereocenters. The highest BCUT2D eigenvalue weighted by Gasteiger charge is 2.31. The summed E-state index contributed by atoms with van der Waals surface area (Å²) in [6, 6.07) is 13.0. The van der Waals surface area contributed by atoms with Crippen molar-refractivity contribution in [3.8, 4) is 11.1 Å². The summed E-state index contributed by atoms with van der Waals surface area (Å²) in [6.45, 7) is 9.36. The third-order valence-electron chi connectivity index (χ3n) is 5.61. The quantitative estimate of drug-likeness (QED) is 0.450. The van der Waals surface area contributed by atoms with Gasteiger partial charge in [0.1, 0.15) is 17.5 Å². The van der Waals surface area contributed by atoms with E-state index in [4.69, 9.17) is 14.2 Å². The van der Waals surface area contributed by atoms with Gasteiger partial charge in [-0.2, -0.15) is 0 Å². The van der Waals surface area contributed by atoms with Crippen LogP contribution in [0, 0.1) is 12.7 Å². The van der Waals surface area contributed by atoms with Gasteiger partial charge in [-0.3, -0.25) is 0 Å². The van der Waals surface area contributed by atoms with Gasteiger partial charge in [0.2, 0.25) is 0 Å². The van der Waals surface area contributed by atoms with E-state index in [1.807, 2.05) is 58.0 Å². The molecule has 1 fully saturated rings. The predicted octanol–water partition coefficient (Wildman–Crippen LogP) is 6.25. The number of unbranched alkanes of at least 4 members (excludes halogenated alkanes) is 1. The number of benzene rings is 2. The lowest BCUT2D eigenvalue weighted by Crippen LogP contribution is -2.47. The molecule has 5 nitrogen and oxygen atoms in total. The number of ether oxygens (including phenoxy) is 3. The number of carbonyl (C=O) groups is 1. The van der Waals surface area contributed by atoms with E-state index in [-0.39, 0.29) is 11.9 Å². The number of carbonyl (C=O) groups excluding carboxylic acids is 1. The van der Waals surface area contributed by atoms with E-state index < -0.39 is 11.7 Å². The molecule has 1 aliphatic heterocycles. The fourth-order valence-electron chi connectivity index (χ4n) is 4.09. The van der Waals surface area contributed by atoms with Crippen molar-refractivity contribution in [1.82, 2.24) is 4.90 Å². The molecule has 184 valence electrons. The van der Waals surface area contributed by atoms with Crippen LogP contribution < -0.4 is 0 Å². The van der Waals surface area contributed by atoms with Gasteiger partial charge in [0.15, 0.2) is 0 Å². The molecule has 2 aromatic carbocycles. The molecule has 1 amide bonds. The van der Waals surface area contributed by atoms with Gasteiger partial charge in [-0.15, -0.1) is 0 Å². The van der Waals surface area contributed by atoms with Crippen LogP contribution in [0.15, 0.2) is 48.5 Å². The second-order valence-electron chi connectivity index (χ2n) is 9.61. The summed E-state index contributed by atoms with van der Waals surface area (Å²) in [6.07, 6.45) is 2.92. The van der Waals surface area contributed by atoms with Gasteiger partial charge < -0.3 is 19.1 Å². The maximum Gasteiger partial charge on any atom is 0.410 e. The average Bonchev–Trinajstić information content (AvgIpc) is 2.78. The van der Waals surface area contributed by atoms with Crippen molar-refractivity contribution >= 4 is 11.7 Å². The smallest absolute Gasteiger partial charge is 0.410 e. The summed E-state index contributed by atoms with van der Waals surface area (Å²) < 4.78 is 32.2. The summed E-state index contributed by atoms with van der Waals surface area (Å²) in [5.41, 5.74) is 3.49. The molecule has 1 aliphatic rings. The zero-order chi connectivity index (χ0) is 24.7. The van der Waals surface area contributed by atoms with E-state index >= 15 is 4.39 Å². The van der Waals surface area contributed by atoms with Crippen LogP contribution in [0.25, 0.3) is 16.7 Å². The Kier molecular flexibility index (Phi) is 8.86.